The first-order valence-corrected chi connectivity index (χ1v) is 8.89. The van der Waals surface area contributed by atoms with Gasteiger partial charge in [0.15, 0.2) is 16.3 Å². The average Bonchev–Trinajstić information content (AvgIpc) is 3.03. The number of nitro groups is 1. The number of methoxy groups -OCH3 is 2. The van der Waals surface area contributed by atoms with Gasteiger partial charge < -0.3 is 14.0 Å². The largest absolute Gasteiger partial charge is 0.493 e. The van der Waals surface area contributed by atoms with Gasteiger partial charge in [-0.25, -0.2) is 0 Å². The molecule has 0 aliphatic carbocycles. The summed E-state index contributed by atoms with van der Waals surface area (Å²) in [7, 11) is 3.01. The van der Waals surface area contributed by atoms with Gasteiger partial charge in [0.2, 0.25) is 0 Å². The van der Waals surface area contributed by atoms with Crippen molar-refractivity contribution >= 4 is 33.1 Å². The number of hydrogen-bond acceptors (Lipinski definition) is 6. The minimum atomic E-state index is -0.442. The highest BCUT2D eigenvalue weighted by molar-refractivity contribution is 7.16. The summed E-state index contributed by atoms with van der Waals surface area (Å²) in [5.74, 6) is 0.528. The van der Waals surface area contributed by atoms with Crippen molar-refractivity contribution in [2.24, 2.45) is 4.99 Å². The van der Waals surface area contributed by atoms with Crippen LogP contribution in [0.3, 0.4) is 0 Å². The molecule has 9 heteroatoms. The van der Waals surface area contributed by atoms with E-state index in [-0.39, 0.29) is 5.69 Å². The van der Waals surface area contributed by atoms with Crippen molar-refractivity contribution in [1.82, 2.24) is 4.57 Å². The number of nitrogens with zero attached hydrogens (tertiary/aromatic N) is 3. The maximum atomic E-state index is 12.6. The topological polar surface area (TPSA) is 96.0 Å². The number of fused-ring (bicyclic) bond motifs is 1. The molecule has 140 valence electrons. The van der Waals surface area contributed by atoms with Crippen molar-refractivity contribution < 1.29 is 19.2 Å². The van der Waals surface area contributed by atoms with Crippen LogP contribution < -0.4 is 14.3 Å². The monoisotopic (exact) mass is 387 g/mol. The van der Waals surface area contributed by atoms with Crippen LogP contribution in [0, 0.1) is 10.1 Å². The fourth-order valence-electron chi connectivity index (χ4n) is 2.68. The van der Waals surface area contributed by atoms with Crippen LogP contribution in [0.5, 0.6) is 11.5 Å². The number of aryl methyl sites for hydroxylation is 1. The van der Waals surface area contributed by atoms with Gasteiger partial charge in [0.05, 0.1) is 29.4 Å². The van der Waals surface area contributed by atoms with Crippen LogP contribution in [0.2, 0.25) is 0 Å². The van der Waals surface area contributed by atoms with E-state index in [0.717, 1.165) is 4.70 Å². The summed E-state index contributed by atoms with van der Waals surface area (Å²) in [6, 6.07) is 9.43. The second-order valence-electron chi connectivity index (χ2n) is 5.52. The lowest BCUT2D eigenvalue weighted by Crippen LogP contribution is -2.16. The van der Waals surface area contributed by atoms with Crippen LogP contribution in [0.1, 0.15) is 17.3 Å². The molecule has 3 rings (SSSR count). The second kappa shape index (κ2) is 7.58. The van der Waals surface area contributed by atoms with E-state index < -0.39 is 10.8 Å². The summed E-state index contributed by atoms with van der Waals surface area (Å²) < 4.78 is 13.0. The molecule has 0 fully saturated rings. The third-order valence-electron chi connectivity index (χ3n) is 4.02. The van der Waals surface area contributed by atoms with Gasteiger partial charge in [-0.2, -0.15) is 4.99 Å². The molecular formula is C18H17N3O5S. The number of nitro benzene ring substituents is 1. The molecule has 0 spiro atoms. The molecule has 0 bridgehead atoms. The maximum Gasteiger partial charge on any atom is 0.279 e. The zero-order chi connectivity index (χ0) is 19.6. The zero-order valence-corrected chi connectivity index (χ0v) is 15.8. The van der Waals surface area contributed by atoms with Crippen LogP contribution >= 0.6 is 11.3 Å². The van der Waals surface area contributed by atoms with Gasteiger partial charge in [-0.05, 0) is 31.2 Å². The van der Waals surface area contributed by atoms with Gasteiger partial charge in [0, 0.05) is 24.2 Å². The summed E-state index contributed by atoms with van der Waals surface area (Å²) in [4.78, 5) is 27.9. The molecule has 1 amide bonds. The first-order valence-electron chi connectivity index (χ1n) is 8.07. The van der Waals surface area contributed by atoms with E-state index in [1.807, 2.05) is 6.92 Å². The van der Waals surface area contributed by atoms with E-state index in [2.05, 4.69) is 4.99 Å². The van der Waals surface area contributed by atoms with Gasteiger partial charge >= 0.3 is 0 Å². The Kier molecular flexibility index (Phi) is 5.22. The number of non-ortho nitro benzene ring substituents is 1. The summed E-state index contributed by atoms with van der Waals surface area (Å²) >= 11 is 1.31. The standard InChI is InChI=1S/C18H17N3O5S/c1-4-20-13-10-12(21(23)24)6-8-16(13)27-18(20)19-17(22)11-5-7-14(25-2)15(9-11)26-3/h5-10H,4H2,1-3H3. The molecule has 1 aromatic heterocycles. The fourth-order valence-corrected chi connectivity index (χ4v) is 3.76. The first kappa shape index (κ1) is 18.6. The number of rotatable bonds is 5. The van der Waals surface area contributed by atoms with Gasteiger partial charge in [0.25, 0.3) is 11.6 Å². The Bertz CT molecular complexity index is 1100. The molecule has 0 saturated carbocycles. The maximum absolute atomic E-state index is 12.6. The SMILES string of the molecule is CCn1c(=NC(=O)c2ccc(OC)c(OC)c2)sc2ccc([N+](=O)[O-])cc21. The van der Waals surface area contributed by atoms with E-state index in [0.29, 0.717) is 33.9 Å². The third-order valence-corrected chi connectivity index (χ3v) is 5.08. The Morgan fingerprint density at radius 1 is 1.19 bits per heavy atom. The predicted octanol–water partition coefficient (Wildman–Crippen LogP) is 3.39. The Balaban J connectivity index is 2.09. The molecule has 0 radical (unpaired) electrons. The van der Waals surface area contributed by atoms with Crippen molar-refractivity contribution in [1.29, 1.82) is 0 Å². The molecular weight excluding hydrogens is 370 g/mol. The zero-order valence-electron chi connectivity index (χ0n) is 15.0. The van der Waals surface area contributed by atoms with Gasteiger partial charge in [-0.1, -0.05) is 11.3 Å². The lowest BCUT2D eigenvalue weighted by atomic mass is 10.2. The number of ether oxygens (including phenoxy) is 2. The smallest absolute Gasteiger partial charge is 0.279 e. The van der Waals surface area contributed by atoms with Crippen molar-refractivity contribution in [3.8, 4) is 11.5 Å². The number of thiazole rings is 1. The third kappa shape index (κ3) is 3.54. The summed E-state index contributed by atoms with van der Waals surface area (Å²) in [6.07, 6.45) is 0. The van der Waals surface area contributed by atoms with Crippen LogP contribution in [0.4, 0.5) is 5.69 Å². The summed E-state index contributed by atoms with van der Waals surface area (Å²) in [6.45, 7) is 2.42. The van der Waals surface area contributed by atoms with Crippen molar-refractivity contribution in [3.05, 3.63) is 56.9 Å². The average molecular weight is 387 g/mol. The highest BCUT2D eigenvalue weighted by Crippen LogP contribution is 2.28. The Labute approximate surface area is 158 Å². The summed E-state index contributed by atoms with van der Waals surface area (Å²) in [5.41, 5.74) is 1.04. The normalized spacial score (nSPS) is 11.6. The molecule has 3 aromatic rings. The van der Waals surface area contributed by atoms with E-state index in [4.69, 9.17) is 9.47 Å². The Morgan fingerprint density at radius 2 is 1.93 bits per heavy atom. The summed E-state index contributed by atoms with van der Waals surface area (Å²) in [5, 5.41) is 11.0. The van der Waals surface area contributed by atoms with Crippen molar-refractivity contribution in [3.63, 3.8) is 0 Å². The van der Waals surface area contributed by atoms with Crippen LogP contribution in [-0.2, 0) is 6.54 Å². The molecule has 27 heavy (non-hydrogen) atoms. The molecule has 0 atom stereocenters. The lowest BCUT2D eigenvalue weighted by molar-refractivity contribution is -0.384. The Morgan fingerprint density at radius 3 is 2.56 bits per heavy atom. The highest BCUT2D eigenvalue weighted by atomic mass is 32.1. The van der Waals surface area contributed by atoms with E-state index in [1.165, 1.54) is 37.7 Å². The number of carbonyl (C=O) groups is 1. The number of aromatic nitrogens is 1. The number of benzene rings is 2. The van der Waals surface area contributed by atoms with Crippen LogP contribution in [-0.4, -0.2) is 29.6 Å². The molecule has 0 N–H and O–H groups in total. The van der Waals surface area contributed by atoms with E-state index in [9.17, 15) is 14.9 Å². The predicted molar refractivity (Wildman–Crippen MR) is 102 cm³/mol. The van der Waals surface area contributed by atoms with E-state index in [1.54, 1.807) is 28.8 Å². The molecule has 2 aromatic carbocycles. The van der Waals surface area contributed by atoms with Gasteiger partial charge in [0.1, 0.15) is 0 Å². The molecule has 0 unspecified atom stereocenters. The van der Waals surface area contributed by atoms with Crippen molar-refractivity contribution in [2.45, 2.75) is 13.5 Å². The molecule has 8 nitrogen and oxygen atoms in total. The molecule has 0 saturated heterocycles. The molecule has 1 heterocycles. The van der Waals surface area contributed by atoms with Gasteiger partial charge in [-0.15, -0.1) is 0 Å². The first-order chi connectivity index (χ1) is 13.0. The quantitative estimate of drug-likeness (QED) is 0.494. The number of hydrogen-bond donors (Lipinski definition) is 0. The van der Waals surface area contributed by atoms with Crippen LogP contribution in [0.15, 0.2) is 41.4 Å². The highest BCUT2D eigenvalue weighted by Gasteiger charge is 2.14. The van der Waals surface area contributed by atoms with Crippen LogP contribution in [0.25, 0.3) is 10.2 Å². The van der Waals surface area contributed by atoms with Gasteiger partial charge in [-0.3, -0.25) is 14.9 Å². The lowest BCUT2D eigenvalue weighted by Gasteiger charge is -2.07. The Hall–Kier alpha value is -3.20. The minimum absolute atomic E-state index is 0.000247. The molecule has 0 aliphatic rings. The van der Waals surface area contributed by atoms with E-state index >= 15 is 0 Å². The molecule has 0 aliphatic heterocycles. The number of amides is 1. The second-order valence-corrected chi connectivity index (χ2v) is 6.53. The van der Waals surface area contributed by atoms with Crippen molar-refractivity contribution in [2.75, 3.05) is 14.2 Å². The number of carbonyl (C=O) groups excluding carboxylic acids is 1. The fraction of sp³-hybridized carbons (Fsp3) is 0.222. The minimum Gasteiger partial charge on any atom is -0.493 e.